The molecule has 0 radical (unpaired) electrons. The molecule has 0 spiro atoms. The van der Waals surface area contributed by atoms with Gasteiger partial charge in [-0.3, -0.25) is 14.6 Å². The summed E-state index contributed by atoms with van der Waals surface area (Å²) in [7, 11) is 5.42. The minimum absolute atomic E-state index is 0.240. The minimum Gasteiger partial charge on any atom is -0.383 e. The fourth-order valence-electron chi connectivity index (χ4n) is 1.55. The van der Waals surface area contributed by atoms with Gasteiger partial charge < -0.3 is 20.3 Å². The molecule has 0 fully saturated rings. The highest BCUT2D eigenvalue weighted by molar-refractivity contribution is 5.99. The average Bonchev–Trinajstić information content (AvgIpc) is 2.47. The second kappa shape index (κ2) is 9.04. The van der Waals surface area contributed by atoms with Crippen LogP contribution in [0.15, 0.2) is 18.5 Å². The molecule has 0 atom stereocenters. The lowest BCUT2D eigenvalue weighted by atomic mass is 10.2. The van der Waals surface area contributed by atoms with Crippen LogP contribution in [0.3, 0.4) is 0 Å². The summed E-state index contributed by atoms with van der Waals surface area (Å²) in [5.74, 6) is -0.515. The molecule has 0 aliphatic heterocycles. The first kappa shape index (κ1) is 17.1. The van der Waals surface area contributed by atoms with E-state index in [2.05, 4.69) is 15.6 Å². The average molecular weight is 294 g/mol. The number of ether oxygens (including phenoxy) is 1. The van der Waals surface area contributed by atoms with Crippen molar-refractivity contribution in [3.63, 3.8) is 0 Å². The van der Waals surface area contributed by atoms with Gasteiger partial charge in [-0.1, -0.05) is 0 Å². The third-order valence-corrected chi connectivity index (χ3v) is 2.70. The largest absolute Gasteiger partial charge is 0.383 e. The van der Waals surface area contributed by atoms with Gasteiger partial charge in [0.25, 0.3) is 11.8 Å². The highest BCUT2D eigenvalue weighted by Crippen LogP contribution is 2.02. The summed E-state index contributed by atoms with van der Waals surface area (Å²) in [5, 5.41) is 5.46. The molecule has 0 saturated heterocycles. The minimum atomic E-state index is -0.275. The van der Waals surface area contributed by atoms with Gasteiger partial charge in [-0.15, -0.1) is 0 Å². The van der Waals surface area contributed by atoms with Crippen molar-refractivity contribution in [1.29, 1.82) is 0 Å². The fraction of sp³-hybridized carbons (Fsp3) is 0.500. The zero-order valence-corrected chi connectivity index (χ0v) is 12.7. The predicted octanol–water partition coefficient (Wildman–Crippen LogP) is -0.251. The Labute approximate surface area is 124 Å². The number of nitrogens with one attached hydrogen (secondary N) is 2. The summed E-state index contributed by atoms with van der Waals surface area (Å²) in [5.41, 5.74) is 0.722. The van der Waals surface area contributed by atoms with E-state index in [0.717, 1.165) is 6.54 Å². The maximum absolute atomic E-state index is 11.9. The van der Waals surface area contributed by atoms with Gasteiger partial charge in [-0.05, 0) is 20.2 Å². The van der Waals surface area contributed by atoms with Crippen LogP contribution in [0.4, 0.5) is 0 Å². The Hall–Kier alpha value is -1.99. The molecule has 7 nitrogen and oxygen atoms in total. The SMILES string of the molecule is COCCNC(=O)c1cncc(C(=O)NCCN(C)C)c1. The summed E-state index contributed by atoms with van der Waals surface area (Å²) in [6, 6.07) is 1.53. The van der Waals surface area contributed by atoms with E-state index in [1.54, 1.807) is 7.11 Å². The van der Waals surface area contributed by atoms with E-state index < -0.39 is 0 Å². The molecule has 2 amide bonds. The molecule has 0 aliphatic rings. The van der Waals surface area contributed by atoms with E-state index in [1.165, 1.54) is 18.5 Å². The zero-order chi connectivity index (χ0) is 15.7. The molecular weight excluding hydrogens is 272 g/mol. The Kier molecular flexibility index (Phi) is 7.34. The van der Waals surface area contributed by atoms with E-state index in [-0.39, 0.29) is 11.8 Å². The van der Waals surface area contributed by atoms with Gasteiger partial charge in [0.2, 0.25) is 0 Å². The Bertz CT molecular complexity index is 477. The number of aromatic nitrogens is 1. The van der Waals surface area contributed by atoms with Crippen LogP contribution >= 0.6 is 0 Å². The van der Waals surface area contributed by atoms with Crippen LogP contribution in [-0.4, -0.2) is 69.1 Å². The highest BCUT2D eigenvalue weighted by atomic mass is 16.5. The standard InChI is InChI=1S/C14H22N4O3/c1-18(2)6-4-16-13(19)11-8-12(10-15-9-11)14(20)17-5-7-21-3/h8-10H,4-7H2,1-3H3,(H,16,19)(H,17,20). The quantitative estimate of drug-likeness (QED) is 0.646. The van der Waals surface area contributed by atoms with Gasteiger partial charge in [0.05, 0.1) is 17.7 Å². The van der Waals surface area contributed by atoms with Crippen LogP contribution in [0.25, 0.3) is 0 Å². The molecule has 1 aromatic heterocycles. The molecular formula is C14H22N4O3. The third kappa shape index (κ3) is 6.33. The second-order valence-electron chi connectivity index (χ2n) is 4.77. The van der Waals surface area contributed by atoms with Gasteiger partial charge in [0.15, 0.2) is 0 Å². The number of carbonyl (C=O) groups is 2. The van der Waals surface area contributed by atoms with Crippen LogP contribution in [0.5, 0.6) is 0 Å². The van der Waals surface area contributed by atoms with Gasteiger partial charge in [0, 0.05) is 39.1 Å². The number of nitrogens with zero attached hydrogens (tertiary/aromatic N) is 2. The normalized spacial score (nSPS) is 10.5. The van der Waals surface area contributed by atoms with Crippen LogP contribution in [0, 0.1) is 0 Å². The van der Waals surface area contributed by atoms with Crippen LogP contribution in [0.2, 0.25) is 0 Å². The molecule has 0 aliphatic carbocycles. The number of hydrogen-bond acceptors (Lipinski definition) is 5. The lowest BCUT2D eigenvalue weighted by Crippen LogP contribution is -2.32. The van der Waals surface area contributed by atoms with E-state index in [4.69, 9.17) is 4.74 Å². The number of likely N-dealkylation sites (N-methyl/N-ethyl adjacent to an activating group) is 1. The molecule has 2 N–H and O–H groups in total. The first-order valence-electron chi connectivity index (χ1n) is 6.69. The summed E-state index contributed by atoms with van der Waals surface area (Å²) in [4.78, 5) is 29.7. The molecule has 116 valence electrons. The number of pyridine rings is 1. The zero-order valence-electron chi connectivity index (χ0n) is 12.7. The number of carbonyl (C=O) groups excluding carboxylic acids is 2. The van der Waals surface area contributed by atoms with Crippen LogP contribution < -0.4 is 10.6 Å². The number of rotatable bonds is 8. The second-order valence-corrected chi connectivity index (χ2v) is 4.77. The van der Waals surface area contributed by atoms with E-state index in [1.807, 2.05) is 19.0 Å². The first-order chi connectivity index (χ1) is 10.0. The molecule has 1 rings (SSSR count). The van der Waals surface area contributed by atoms with Gasteiger partial charge in [-0.25, -0.2) is 0 Å². The molecule has 0 bridgehead atoms. The topological polar surface area (TPSA) is 83.6 Å². The molecule has 0 saturated carbocycles. The monoisotopic (exact) mass is 294 g/mol. The summed E-state index contributed by atoms with van der Waals surface area (Å²) in [6.07, 6.45) is 2.87. The van der Waals surface area contributed by atoms with E-state index in [9.17, 15) is 9.59 Å². The molecule has 7 heteroatoms. The first-order valence-corrected chi connectivity index (χ1v) is 6.69. The maximum Gasteiger partial charge on any atom is 0.252 e. The van der Waals surface area contributed by atoms with Crippen molar-refractivity contribution in [2.45, 2.75) is 0 Å². The molecule has 21 heavy (non-hydrogen) atoms. The lowest BCUT2D eigenvalue weighted by Gasteiger charge is -2.10. The molecule has 0 aromatic carbocycles. The molecule has 1 heterocycles. The van der Waals surface area contributed by atoms with Gasteiger partial charge in [0.1, 0.15) is 0 Å². The smallest absolute Gasteiger partial charge is 0.252 e. The molecule has 1 aromatic rings. The summed E-state index contributed by atoms with van der Waals surface area (Å²) >= 11 is 0. The van der Waals surface area contributed by atoms with Crippen molar-refractivity contribution in [3.8, 4) is 0 Å². The van der Waals surface area contributed by atoms with Crippen molar-refractivity contribution in [1.82, 2.24) is 20.5 Å². The Morgan fingerprint density at radius 1 is 1.14 bits per heavy atom. The lowest BCUT2D eigenvalue weighted by molar-refractivity contribution is 0.0936. The van der Waals surface area contributed by atoms with Crippen molar-refractivity contribution in [2.75, 3.05) is 47.4 Å². The van der Waals surface area contributed by atoms with Crippen LogP contribution in [-0.2, 0) is 4.74 Å². The van der Waals surface area contributed by atoms with Crippen molar-refractivity contribution in [2.24, 2.45) is 0 Å². The van der Waals surface area contributed by atoms with Crippen molar-refractivity contribution in [3.05, 3.63) is 29.6 Å². The van der Waals surface area contributed by atoms with Gasteiger partial charge in [-0.2, -0.15) is 0 Å². The van der Waals surface area contributed by atoms with Gasteiger partial charge >= 0.3 is 0 Å². The maximum atomic E-state index is 11.9. The number of amides is 2. The predicted molar refractivity (Wildman–Crippen MR) is 79.3 cm³/mol. The summed E-state index contributed by atoms with van der Waals surface area (Å²) in [6.45, 7) is 2.13. The Morgan fingerprint density at radius 3 is 2.24 bits per heavy atom. The van der Waals surface area contributed by atoms with Crippen molar-refractivity contribution >= 4 is 11.8 Å². The van der Waals surface area contributed by atoms with E-state index in [0.29, 0.717) is 30.8 Å². The third-order valence-electron chi connectivity index (χ3n) is 2.70. The highest BCUT2D eigenvalue weighted by Gasteiger charge is 2.10. The number of methoxy groups -OCH3 is 1. The van der Waals surface area contributed by atoms with E-state index >= 15 is 0 Å². The van der Waals surface area contributed by atoms with Crippen molar-refractivity contribution < 1.29 is 14.3 Å². The number of hydrogen-bond donors (Lipinski definition) is 2. The molecule has 0 unspecified atom stereocenters. The van der Waals surface area contributed by atoms with Crippen LogP contribution in [0.1, 0.15) is 20.7 Å². The fourth-order valence-corrected chi connectivity index (χ4v) is 1.55. The summed E-state index contributed by atoms with van der Waals surface area (Å²) < 4.78 is 4.86. The Balaban J connectivity index is 2.58. The Morgan fingerprint density at radius 2 is 1.71 bits per heavy atom.